The van der Waals surface area contributed by atoms with Gasteiger partial charge in [-0.15, -0.1) is 0 Å². The minimum absolute atomic E-state index is 0.0179. The molecule has 0 aliphatic heterocycles. The lowest BCUT2D eigenvalue weighted by molar-refractivity contribution is 0.271. The van der Waals surface area contributed by atoms with Crippen molar-refractivity contribution in [3.8, 4) is 23.0 Å². The average Bonchev–Trinajstić information content (AvgIpc) is 3.08. The normalized spacial score (nSPS) is 11.8. The zero-order valence-corrected chi connectivity index (χ0v) is 29.3. The minimum atomic E-state index is -3.64. The molecule has 0 atom stereocenters. The minimum Gasteiger partial charge on any atom is -0.508 e. The van der Waals surface area contributed by atoms with Gasteiger partial charge in [0.25, 0.3) is 0 Å². The van der Waals surface area contributed by atoms with E-state index in [1.54, 1.807) is 60.7 Å². The quantitative estimate of drug-likeness (QED) is 0.0914. The summed E-state index contributed by atoms with van der Waals surface area (Å²) in [7, 11) is -7.26. The van der Waals surface area contributed by atoms with E-state index in [4.69, 9.17) is 14.2 Å². The second-order valence-corrected chi connectivity index (χ2v) is 16.0. The van der Waals surface area contributed by atoms with Crippen LogP contribution in [0.5, 0.6) is 23.0 Å². The summed E-state index contributed by atoms with van der Waals surface area (Å²) in [6.45, 7) is 5.86. The van der Waals surface area contributed by atoms with Gasteiger partial charge in [0.1, 0.15) is 23.0 Å². The summed E-state index contributed by atoms with van der Waals surface area (Å²) >= 11 is 0. The molecule has 0 fully saturated rings. The molecule has 48 heavy (non-hydrogen) atoms. The first-order chi connectivity index (χ1) is 23.1. The molecule has 4 aromatic carbocycles. The molecule has 8 nitrogen and oxygen atoms in total. The maximum atomic E-state index is 13.0. The van der Waals surface area contributed by atoms with Crippen molar-refractivity contribution in [3.63, 3.8) is 0 Å². The highest BCUT2D eigenvalue weighted by molar-refractivity contribution is 7.91. The molecule has 0 aliphatic rings. The second kappa shape index (κ2) is 17.9. The second-order valence-electron chi connectivity index (χ2n) is 12.1. The number of benzene rings is 4. The maximum Gasteiger partial charge on any atom is 0.206 e. The van der Waals surface area contributed by atoms with E-state index in [-0.39, 0.29) is 25.3 Å². The average molecular weight is 695 g/mol. The van der Waals surface area contributed by atoms with Crippen molar-refractivity contribution < 1.29 is 36.2 Å². The lowest BCUT2D eigenvalue weighted by Gasteiger charge is -2.10. The number of hydrogen-bond donors (Lipinski definition) is 1. The van der Waals surface area contributed by atoms with Gasteiger partial charge in [0.05, 0.1) is 39.4 Å². The topological polar surface area (TPSA) is 116 Å². The van der Waals surface area contributed by atoms with Gasteiger partial charge in [0, 0.05) is 0 Å². The van der Waals surface area contributed by atoms with Crippen molar-refractivity contribution >= 4 is 19.7 Å². The van der Waals surface area contributed by atoms with Crippen LogP contribution in [0.25, 0.3) is 0 Å². The number of sulfone groups is 2. The van der Waals surface area contributed by atoms with Crippen molar-refractivity contribution in [3.05, 3.63) is 97.1 Å². The van der Waals surface area contributed by atoms with Gasteiger partial charge in [0.2, 0.25) is 19.7 Å². The Bertz CT molecular complexity index is 1750. The Hall–Kier alpha value is -4.02. The van der Waals surface area contributed by atoms with Crippen LogP contribution in [0.15, 0.2) is 117 Å². The summed E-state index contributed by atoms with van der Waals surface area (Å²) in [6, 6.07) is 25.0. The molecule has 0 aromatic heterocycles. The summed E-state index contributed by atoms with van der Waals surface area (Å²) in [6.07, 6.45) is 8.61. The van der Waals surface area contributed by atoms with Gasteiger partial charge in [-0.2, -0.15) is 0 Å². The Morgan fingerprint density at radius 1 is 0.458 bits per heavy atom. The molecule has 0 aliphatic carbocycles. The van der Waals surface area contributed by atoms with Gasteiger partial charge in [-0.3, -0.25) is 0 Å². The number of phenols is 1. The summed E-state index contributed by atoms with van der Waals surface area (Å²) in [5.41, 5.74) is 0. The van der Waals surface area contributed by atoms with E-state index < -0.39 is 19.7 Å². The molecular weight excluding hydrogens is 649 g/mol. The zero-order chi connectivity index (χ0) is 34.4. The molecule has 0 unspecified atom stereocenters. The smallest absolute Gasteiger partial charge is 0.206 e. The number of hydrogen-bond acceptors (Lipinski definition) is 8. The largest absolute Gasteiger partial charge is 0.508 e. The molecular formula is C38H46O8S2. The Balaban J connectivity index is 1.03. The fourth-order valence-corrected chi connectivity index (χ4v) is 7.47. The molecule has 0 spiro atoms. The lowest BCUT2D eigenvalue weighted by Crippen LogP contribution is -2.05. The number of aromatic hydroxyl groups is 1. The van der Waals surface area contributed by atoms with Gasteiger partial charge in [-0.05, 0) is 116 Å². The molecule has 10 heteroatoms. The molecule has 0 amide bonds. The Labute approximate surface area is 285 Å². The maximum absolute atomic E-state index is 13.0. The standard InChI is InChI=1S/C38H46O8S2/c1-30(2)29-46-34-17-25-38(26-18-34)48(42,43)37-23-15-33(16-24-37)45-28-10-8-6-4-3-5-7-9-27-44-32-13-21-36(22-14-32)47(40,41)35-19-11-31(39)12-20-35/h11-26,30,39H,3-10,27-29H2,1-2H3. The van der Waals surface area contributed by atoms with Crippen LogP contribution < -0.4 is 14.2 Å². The third-order valence-electron chi connectivity index (χ3n) is 7.71. The summed E-state index contributed by atoms with van der Waals surface area (Å²) in [5.74, 6) is 2.35. The van der Waals surface area contributed by atoms with Crippen LogP contribution in [0.2, 0.25) is 0 Å². The predicted molar refractivity (Wildman–Crippen MR) is 187 cm³/mol. The van der Waals surface area contributed by atoms with Gasteiger partial charge >= 0.3 is 0 Å². The first-order valence-electron chi connectivity index (χ1n) is 16.5. The van der Waals surface area contributed by atoms with Gasteiger partial charge < -0.3 is 19.3 Å². The summed E-state index contributed by atoms with van der Waals surface area (Å²) in [5, 5.41) is 9.40. The molecule has 0 saturated carbocycles. The fraction of sp³-hybridized carbons (Fsp3) is 0.368. The number of unbranched alkanes of at least 4 members (excludes halogenated alkanes) is 7. The predicted octanol–water partition coefficient (Wildman–Crippen LogP) is 8.67. The molecule has 1 N–H and O–H groups in total. The molecule has 4 rings (SSSR count). The zero-order valence-electron chi connectivity index (χ0n) is 27.7. The highest BCUT2D eigenvalue weighted by atomic mass is 32.2. The van der Waals surface area contributed by atoms with E-state index in [2.05, 4.69) is 13.8 Å². The molecule has 0 bridgehead atoms. The Morgan fingerprint density at radius 3 is 1.08 bits per heavy atom. The van der Waals surface area contributed by atoms with Gasteiger partial charge in [-0.1, -0.05) is 52.4 Å². The van der Waals surface area contributed by atoms with E-state index in [1.807, 2.05) is 0 Å². The third-order valence-corrected chi connectivity index (χ3v) is 11.3. The highest BCUT2D eigenvalue weighted by Gasteiger charge is 2.19. The molecule has 4 aromatic rings. The van der Waals surface area contributed by atoms with E-state index in [9.17, 15) is 21.9 Å². The Kier molecular flexibility index (Phi) is 13.8. The summed E-state index contributed by atoms with van der Waals surface area (Å²) in [4.78, 5) is 0.770. The third kappa shape index (κ3) is 11.0. The highest BCUT2D eigenvalue weighted by Crippen LogP contribution is 2.26. The van der Waals surface area contributed by atoms with E-state index in [0.717, 1.165) is 51.4 Å². The molecule has 258 valence electrons. The van der Waals surface area contributed by atoms with Crippen molar-refractivity contribution in [2.24, 2.45) is 5.92 Å². The van der Waals surface area contributed by atoms with E-state index in [0.29, 0.717) is 43.0 Å². The van der Waals surface area contributed by atoms with Crippen LogP contribution in [-0.2, 0) is 19.7 Å². The van der Waals surface area contributed by atoms with Gasteiger partial charge in [0.15, 0.2) is 0 Å². The SMILES string of the molecule is CC(C)COc1ccc(S(=O)(=O)c2ccc(OCCCCCCCCCCOc3ccc(S(=O)(=O)c4ccc(O)cc4)cc3)cc2)cc1. The summed E-state index contributed by atoms with van der Waals surface area (Å²) < 4.78 is 68.8. The first-order valence-corrected chi connectivity index (χ1v) is 19.5. The number of ether oxygens (including phenoxy) is 3. The number of rotatable bonds is 20. The van der Waals surface area contributed by atoms with Crippen molar-refractivity contribution in [1.82, 2.24) is 0 Å². The van der Waals surface area contributed by atoms with Crippen LogP contribution in [0, 0.1) is 5.92 Å². The Morgan fingerprint density at radius 2 is 0.750 bits per heavy atom. The molecule has 0 radical (unpaired) electrons. The van der Waals surface area contributed by atoms with Crippen LogP contribution in [-0.4, -0.2) is 41.8 Å². The molecule has 0 saturated heterocycles. The van der Waals surface area contributed by atoms with E-state index in [1.165, 1.54) is 36.4 Å². The van der Waals surface area contributed by atoms with Crippen LogP contribution in [0.3, 0.4) is 0 Å². The van der Waals surface area contributed by atoms with Crippen molar-refractivity contribution in [1.29, 1.82) is 0 Å². The lowest BCUT2D eigenvalue weighted by atomic mass is 10.1. The van der Waals surface area contributed by atoms with Crippen molar-refractivity contribution in [2.75, 3.05) is 19.8 Å². The van der Waals surface area contributed by atoms with Crippen LogP contribution >= 0.6 is 0 Å². The molecule has 0 heterocycles. The van der Waals surface area contributed by atoms with Crippen LogP contribution in [0.1, 0.15) is 65.2 Å². The van der Waals surface area contributed by atoms with Crippen LogP contribution in [0.4, 0.5) is 0 Å². The first kappa shape index (κ1) is 36.8. The number of phenolic OH excluding ortho intramolecular Hbond substituents is 1. The van der Waals surface area contributed by atoms with Crippen molar-refractivity contribution in [2.45, 2.75) is 84.8 Å². The fourth-order valence-electron chi connectivity index (χ4n) is 4.95. The van der Waals surface area contributed by atoms with E-state index >= 15 is 0 Å². The monoisotopic (exact) mass is 694 g/mol. The van der Waals surface area contributed by atoms with Gasteiger partial charge in [-0.25, -0.2) is 16.8 Å².